The lowest BCUT2D eigenvalue weighted by Gasteiger charge is -2.27. The van der Waals surface area contributed by atoms with Crippen LogP contribution in [0.3, 0.4) is 0 Å². The lowest BCUT2D eigenvalue weighted by atomic mass is 9.84. The van der Waals surface area contributed by atoms with E-state index in [1.165, 1.54) is 12.8 Å². The minimum atomic E-state index is 0.271. The highest BCUT2D eigenvalue weighted by atomic mass is 15.2. The summed E-state index contributed by atoms with van der Waals surface area (Å²) in [6, 6.07) is 0. The molecule has 0 amide bonds. The van der Waals surface area contributed by atoms with E-state index < -0.39 is 0 Å². The van der Waals surface area contributed by atoms with Crippen LogP contribution in [0.2, 0.25) is 0 Å². The van der Waals surface area contributed by atoms with Crippen LogP contribution in [0.1, 0.15) is 33.1 Å². The molecule has 2 N–H and O–H groups in total. The van der Waals surface area contributed by atoms with E-state index in [1.54, 1.807) is 0 Å². The lowest BCUT2D eigenvalue weighted by Crippen LogP contribution is -2.40. The van der Waals surface area contributed by atoms with Gasteiger partial charge in [0.2, 0.25) is 0 Å². The van der Waals surface area contributed by atoms with Crippen LogP contribution in [0.15, 0.2) is 0 Å². The Morgan fingerprint density at radius 1 is 1.45 bits per heavy atom. The molecule has 0 aromatic carbocycles. The molecular weight excluding hydrogens is 136 g/mol. The number of hydrogen-bond donors (Lipinski definition) is 1. The van der Waals surface area contributed by atoms with Gasteiger partial charge in [-0.3, -0.25) is 4.90 Å². The van der Waals surface area contributed by atoms with E-state index in [4.69, 9.17) is 5.73 Å². The topological polar surface area (TPSA) is 29.3 Å². The summed E-state index contributed by atoms with van der Waals surface area (Å²) in [4.78, 5) is 2.26. The van der Waals surface area contributed by atoms with Gasteiger partial charge in [-0.1, -0.05) is 13.8 Å². The molecule has 66 valence electrons. The van der Waals surface area contributed by atoms with Crippen LogP contribution < -0.4 is 5.73 Å². The zero-order valence-electron chi connectivity index (χ0n) is 7.93. The van der Waals surface area contributed by atoms with Crippen molar-refractivity contribution in [2.45, 2.75) is 39.3 Å². The zero-order valence-corrected chi connectivity index (χ0v) is 7.93. The Hall–Kier alpha value is -0.0800. The second kappa shape index (κ2) is 3.11. The molecular formula is C9H20N2. The fourth-order valence-electron chi connectivity index (χ4n) is 1.80. The van der Waals surface area contributed by atoms with E-state index in [1.807, 2.05) is 0 Å². The van der Waals surface area contributed by atoms with E-state index in [9.17, 15) is 0 Å². The maximum absolute atomic E-state index is 5.98. The van der Waals surface area contributed by atoms with Gasteiger partial charge in [0.1, 0.15) is 0 Å². The van der Waals surface area contributed by atoms with Crippen LogP contribution in [-0.4, -0.2) is 24.7 Å². The van der Waals surface area contributed by atoms with Crippen molar-refractivity contribution in [2.24, 2.45) is 11.1 Å². The van der Waals surface area contributed by atoms with Crippen LogP contribution in [-0.2, 0) is 0 Å². The minimum Gasteiger partial charge on any atom is -0.316 e. The van der Waals surface area contributed by atoms with E-state index in [-0.39, 0.29) is 6.17 Å². The molecule has 1 fully saturated rings. The largest absolute Gasteiger partial charge is 0.316 e. The highest BCUT2D eigenvalue weighted by Gasteiger charge is 2.26. The van der Waals surface area contributed by atoms with Crippen molar-refractivity contribution in [2.75, 3.05) is 13.6 Å². The van der Waals surface area contributed by atoms with Gasteiger partial charge >= 0.3 is 0 Å². The number of nitrogens with zero attached hydrogens (tertiary/aromatic N) is 1. The summed E-state index contributed by atoms with van der Waals surface area (Å²) in [6.07, 6.45) is 4.00. The summed E-state index contributed by atoms with van der Waals surface area (Å²) in [5.74, 6) is 0. The Labute approximate surface area is 69.8 Å². The standard InChI is InChI=1S/C9H20N2/c1-9(2)5-4-6-11(3)8(10)7-9/h8H,4-7,10H2,1-3H3. The third-order valence-corrected chi connectivity index (χ3v) is 2.69. The molecule has 1 unspecified atom stereocenters. The molecule has 1 saturated heterocycles. The van der Waals surface area contributed by atoms with E-state index in [0.29, 0.717) is 5.41 Å². The second-order valence-corrected chi connectivity index (χ2v) is 4.52. The molecule has 2 nitrogen and oxygen atoms in total. The van der Waals surface area contributed by atoms with Gasteiger partial charge in [0.15, 0.2) is 0 Å². The highest BCUT2D eigenvalue weighted by molar-refractivity contribution is 4.79. The van der Waals surface area contributed by atoms with Crippen molar-refractivity contribution in [1.29, 1.82) is 0 Å². The molecule has 1 aliphatic rings. The first-order chi connectivity index (χ1) is 5.01. The summed E-state index contributed by atoms with van der Waals surface area (Å²) >= 11 is 0. The third kappa shape index (κ3) is 2.46. The Morgan fingerprint density at radius 3 is 2.73 bits per heavy atom. The molecule has 0 aliphatic carbocycles. The molecule has 0 aromatic heterocycles. The minimum absolute atomic E-state index is 0.271. The van der Waals surface area contributed by atoms with Gasteiger partial charge in [0.25, 0.3) is 0 Å². The molecule has 1 heterocycles. The Kier molecular flexibility index (Phi) is 2.55. The quantitative estimate of drug-likeness (QED) is 0.574. The number of rotatable bonds is 0. The molecule has 0 saturated carbocycles. The molecule has 1 atom stereocenters. The predicted molar refractivity (Wildman–Crippen MR) is 48.2 cm³/mol. The van der Waals surface area contributed by atoms with E-state index in [2.05, 4.69) is 25.8 Å². The van der Waals surface area contributed by atoms with Crippen molar-refractivity contribution < 1.29 is 0 Å². The number of likely N-dealkylation sites (tertiary alicyclic amines) is 1. The van der Waals surface area contributed by atoms with Gasteiger partial charge in [-0.15, -0.1) is 0 Å². The third-order valence-electron chi connectivity index (χ3n) is 2.69. The Bertz CT molecular complexity index is 132. The van der Waals surface area contributed by atoms with Gasteiger partial charge in [-0.25, -0.2) is 0 Å². The van der Waals surface area contributed by atoms with Crippen LogP contribution in [0.4, 0.5) is 0 Å². The molecule has 0 aromatic rings. The fourth-order valence-corrected chi connectivity index (χ4v) is 1.80. The summed E-state index contributed by atoms with van der Waals surface area (Å²) in [6.45, 7) is 5.78. The molecule has 1 rings (SSSR count). The molecule has 11 heavy (non-hydrogen) atoms. The fraction of sp³-hybridized carbons (Fsp3) is 1.00. The van der Waals surface area contributed by atoms with Crippen LogP contribution >= 0.6 is 0 Å². The van der Waals surface area contributed by atoms with Gasteiger partial charge in [0, 0.05) is 0 Å². The van der Waals surface area contributed by atoms with Crippen molar-refractivity contribution in [3.8, 4) is 0 Å². The molecule has 2 heteroatoms. The first-order valence-corrected chi connectivity index (χ1v) is 4.47. The summed E-state index contributed by atoms with van der Waals surface area (Å²) < 4.78 is 0. The Balaban J connectivity index is 2.55. The average Bonchev–Trinajstić information content (AvgIpc) is 1.93. The van der Waals surface area contributed by atoms with Gasteiger partial charge in [-0.2, -0.15) is 0 Å². The van der Waals surface area contributed by atoms with Crippen molar-refractivity contribution in [3.63, 3.8) is 0 Å². The second-order valence-electron chi connectivity index (χ2n) is 4.52. The first-order valence-electron chi connectivity index (χ1n) is 4.47. The Morgan fingerprint density at radius 2 is 2.09 bits per heavy atom. The summed E-state index contributed by atoms with van der Waals surface area (Å²) in [7, 11) is 2.12. The van der Waals surface area contributed by atoms with Gasteiger partial charge in [-0.05, 0) is 38.3 Å². The maximum atomic E-state index is 5.98. The monoisotopic (exact) mass is 156 g/mol. The van der Waals surface area contributed by atoms with Crippen molar-refractivity contribution in [1.82, 2.24) is 4.90 Å². The predicted octanol–water partition coefficient (Wildman–Crippen LogP) is 1.41. The molecule has 0 bridgehead atoms. The van der Waals surface area contributed by atoms with Crippen LogP contribution in [0, 0.1) is 5.41 Å². The maximum Gasteiger partial charge on any atom is 0.0574 e. The smallest absolute Gasteiger partial charge is 0.0574 e. The summed E-state index contributed by atoms with van der Waals surface area (Å²) in [5, 5.41) is 0. The van der Waals surface area contributed by atoms with Gasteiger partial charge in [0.05, 0.1) is 6.17 Å². The van der Waals surface area contributed by atoms with E-state index in [0.717, 1.165) is 13.0 Å². The van der Waals surface area contributed by atoms with E-state index >= 15 is 0 Å². The number of nitrogens with two attached hydrogens (primary N) is 1. The highest BCUT2D eigenvalue weighted by Crippen LogP contribution is 2.30. The summed E-state index contributed by atoms with van der Waals surface area (Å²) in [5.41, 5.74) is 6.43. The normalized spacial score (nSPS) is 33.3. The zero-order chi connectivity index (χ0) is 8.48. The van der Waals surface area contributed by atoms with Crippen molar-refractivity contribution in [3.05, 3.63) is 0 Å². The molecule has 0 radical (unpaired) electrons. The average molecular weight is 156 g/mol. The number of hydrogen-bond acceptors (Lipinski definition) is 2. The SMILES string of the molecule is CN1CCCC(C)(C)CC1N. The first kappa shape index (κ1) is 9.01. The molecule has 1 aliphatic heterocycles. The van der Waals surface area contributed by atoms with Crippen molar-refractivity contribution >= 4 is 0 Å². The van der Waals surface area contributed by atoms with Gasteiger partial charge < -0.3 is 5.73 Å². The van der Waals surface area contributed by atoms with Crippen LogP contribution in [0.25, 0.3) is 0 Å². The molecule has 0 spiro atoms. The van der Waals surface area contributed by atoms with Crippen LogP contribution in [0.5, 0.6) is 0 Å². The lowest BCUT2D eigenvalue weighted by molar-refractivity contribution is 0.213.